The summed E-state index contributed by atoms with van der Waals surface area (Å²) in [5, 5.41) is 11.2. The van der Waals surface area contributed by atoms with Crippen LogP contribution in [0.3, 0.4) is 0 Å². The van der Waals surface area contributed by atoms with E-state index in [2.05, 4.69) is 0 Å². The van der Waals surface area contributed by atoms with E-state index in [4.69, 9.17) is 14.2 Å². The number of nitro benzene ring substituents is 1. The number of aryl methyl sites for hydroxylation is 1. The summed E-state index contributed by atoms with van der Waals surface area (Å²) in [5.41, 5.74) is -0.182. The lowest BCUT2D eigenvalue weighted by Gasteiger charge is -2.29. The van der Waals surface area contributed by atoms with Gasteiger partial charge in [0, 0.05) is 12.6 Å². The lowest BCUT2D eigenvalue weighted by Crippen LogP contribution is -2.43. The highest BCUT2D eigenvalue weighted by atomic mass is 16.6. The second-order valence-corrected chi connectivity index (χ2v) is 6.58. The molecule has 0 fully saturated rings. The first-order valence-corrected chi connectivity index (χ1v) is 8.90. The molecule has 152 valence electrons. The normalized spacial score (nSPS) is 14.8. The number of carbonyl (C=O) groups excluding carboxylic acids is 2. The number of nitro groups is 1. The number of para-hydroxylation sites is 3. The summed E-state index contributed by atoms with van der Waals surface area (Å²) in [6.07, 6.45) is -0.368. The second kappa shape index (κ2) is 8.59. The molecule has 0 aliphatic carbocycles. The number of rotatable bonds is 6. The van der Waals surface area contributed by atoms with Crippen LogP contribution in [-0.2, 0) is 9.53 Å². The predicted octanol–water partition coefficient (Wildman–Crippen LogP) is 2.36. The van der Waals surface area contributed by atoms with E-state index in [0.717, 1.165) is 0 Å². The van der Waals surface area contributed by atoms with E-state index in [0.29, 0.717) is 17.1 Å². The molecule has 9 heteroatoms. The average Bonchev–Trinajstić information content (AvgIpc) is 2.71. The van der Waals surface area contributed by atoms with E-state index in [1.807, 2.05) is 12.1 Å². The highest BCUT2D eigenvalue weighted by molar-refractivity contribution is 5.95. The van der Waals surface area contributed by atoms with Crippen molar-refractivity contribution >= 4 is 17.6 Å². The summed E-state index contributed by atoms with van der Waals surface area (Å²) in [4.78, 5) is 36.5. The van der Waals surface area contributed by atoms with E-state index in [1.165, 1.54) is 30.0 Å². The Labute approximate surface area is 166 Å². The molecule has 1 amide bonds. The third-order valence-electron chi connectivity index (χ3n) is 4.44. The molecule has 2 aromatic rings. The standard InChI is InChI=1S/C20H20N2O7/c1-13-6-5-7-15(19(13)22(25)26)20(24)28-12-18(23)21(2)10-14-11-27-16-8-3-4-9-17(16)29-14/h3-9,14H,10-12H2,1-2H3. The van der Waals surface area contributed by atoms with Gasteiger partial charge in [0.25, 0.3) is 11.6 Å². The molecule has 0 saturated carbocycles. The monoisotopic (exact) mass is 400 g/mol. The van der Waals surface area contributed by atoms with Gasteiger partial charge in [0.05, 0.1) is 11.5 Å². The Kier molecular flexibility index (Phi) is 5.96. The minimum Gasteiger partial charge on any atom is -0.486 e. The van der Waals surface area contributed by atoms with E-state index >= 15 is 0 Å². The van der Waals surface area contributed by atoms with E-state index in [9.17, 15) is 19.7 Å². The molecule has 1 aliphatic rings. The first-order chi connectivity index (χ1) is 13.9. The predicted molar refractivity (Wildman–Crippen MR) is 102 cm³/mol. The summed E-state index contributed by atoms with van der Waals surface area (Å²) >= 11 is 0. The molecule has 0 radical (unpaired) electrons. The molecule has 0 bridgehead atoms. The number of nitrogens with zero attached hydrogens (tertiary/aromatic N) is 2. The third kappa shape index (κ3) is 4.63. The van der Waals surface area contributed by atoms with Crippen molar-refractivity contribution < 1.29 is 28.7 Å². The Hall–Kier alpha value is -3.62. The zero-order chi connectivity index (χ0) is 21.0. The molecule has 1 atom stereocenters. The fourth-order valence-electron chi connectivity index (χ4n) is 2.94. The molecule has 0 aromatic heterocycles. The molecule has 0 spiro atoms. The van der Waals surface area contributed by atoms with Gasteiger partial charge in [0.1, 0.15) is 12.2 Å². The topological polar surface area (TPSA) is 108 Å². The second-order valence-electron chi connectivity index (χ2n) is 6.58. The minimum atomic E-state index is -0.923. The van der Waals surface area contributed by atoms with Gasteiger partial charge in [-0.2, -0.15) is 0 Å². The Morgan fingerprint density at radius 2 is 1.93 bits per heavy atom. The maximum Gasteiger partial charge on any atom is 0.345 e. The number of likely N-dealkylation sites (N-methyl/N-ethyl adjacent to an activating group) is 1. The zero-order valence-electron chi connectivity index (χ0n) is 16.0. The van der Waals surface area contributed by atoms with E-state index < -0.39 is 23.4 Å². The number of hydrogen-bond donors (Lipinski definition) is 0. The Morgan fingerprint density at radius 3 is 2.66 bits per heavy atom. The van der Waals surface area contributed by atoms with Crippen molar-refractivity contribution in [2.24, 2.45) is 0 Å². The van der Waals surface area contributed by atoms with Crippen LogP contribution in [0.15, 0.2) is 42.5 Å². The number of amides is 1. The first-order valence-electron chi connectivity index (χ1n) is 8.90. The fraction of sp³-hybridized carbons (Fsp3) is 0.300. The molecular weight excluding hydrogens is 380 g/mol. The van der Waals surface area contributed by atoms with Crippen LogP contribution in [0.25, 0.3) is 0 Å². The quantitative estimate of drug-likeness (QED) is 0.416. The molecule has 0 N–H and O–H groups in total. The average molecular weight is 400 g/mol. The van der Waals surface area contributed by atoms with Crippen molar-refractivity contribution in [3.63, 3.8) is 0 Å². The summed E-state index contributed by atoms with van der Waals surface area (Å²) < 4.78 is 16.4. The number of fused-ring (bicyclic) bond motifs is 1. The van der Waals surface area contributed by atoms with Crippen molar-refractivity contribution in [2.75, 3.05) is 26.8 Å². The number of esters is 1. The molecule has 0 saturated heterocycles. The largest absolute Gasteiger partial charge is 0.486 e. The van der Waals surface area contributed by atoms with Crippen LogP contribution in [0.2, 0.25) is 0 Å². The van der Waals surface area contributed by atoms with Gasteiger partial charge in [-0.15, -0.1) is 0 Å². The number of carbonyl (C=O) groups is 2. The Balaban J connectivity index is 1.55. The van der Waals surface area contributed by atoms with E-state index in [-0.39, 0.29) is 30.5 Å². The lowest BCUT2D eigenvalue weighted by atomic mass is 10.1. The molecule has 9 nitrogen and oxygen atoms in total. The van der Waals surface area contributed by atoms with Gasteiger partial charge in [-0.05, 0) is 25.1 Å². The number of benzene rings is 2. The molecule has 2 aromatic carbocycles. The number of ether oxygens (including phenoxy) is 3. The summed E-state index contributed by atoms with van der Waals surface area (Å²) in [5.74, 6) is -0.140. The van der Waals surface area contributed by atoms with Crippen LogP contribution in [-0.4, -0.2) is 54.6 Å². The van der Waals surface area contributed by atoms with Gasteiger partial charge in [0.15, 0.2) is 24.2 Å². The van der Waals surface area contributed by atoms with Gasteiger partial charge >= 0.3 is 5.97 Å². The molecule has 29 heavy (non-hydrogen) atoms. The van der Waals surface area contributed by atoms with Crippen LogP contribution in [0.1, 0.15) is 15.9 Å². The summed E-state index contributed by atoms with van der Waals surface area (Å²) in [6.45, 7) is 1.50. The van der Waals surface area contributed by atoms with Gasteiger partial charge in [0.2, 0.25) is 0 Å². The summed E-state index contributed by atoms with van der Waals surface area (Å²) in [7, 11) is 1.55. The molecular formula is C20H20N2O7. The van der Waals surface area contributed by atoms with Crippen molar-refractivity contribution in [2.45, 2.75) is 13.0 Å². The Morgan fingerprint density at radius 1 is 1.21 bits per heavy atom. The van der Waals surface area contributed by atoms with Gasteiger partial charge < -0.3 is 19.1 Å². The minimum absolute atomic E-state index is 0.189. The first kappa shape index (κ1) is 20.1. The molecule has 1 unspecified atom stereocenters. The van der Waals surface area contributed by atoms with Gasteiger partial charge in [-0.25, -0.2) is 4.79 Å². The maximum atomic E-state index is 12.3. The van der Waals surface area contributed by atoms with Crippen LogP contribution in [0.4, 0.5) is 5.69 Å². The van der Waals surface area contributed by atoms with Crippen molar-refractivity contribution in [1.29, 1.82) is 0 Å². The van der Waals surface area contributed by atoms with Crippen LogP contribution < -0.4 is 9.47 Å². The van der Waals surface area contributed by atoms with Crippen molar-refractivity contribution in [3.8, 4) is 11.5 Å². The SMILES string of the molecule is Cc1cccc(C(=O)OCC(=O)N(C)CC2COc3ccccc3O2)c1[N+](=O)[O-]. The smallest absolute Gasteiger partial charge is 0.345 e. The van der Waals surface area contributed by atoms with Crippen LogP contribution >= 0.6 is 0 Å². The highest BCUT2D eigenvalue weighted by Gasteiger charge is 2.26. The van der Waals surface area contributed by atoms with E-state index in [1.54, 1.807) is 19.2 Å². The third-order valence-corrected chi connectivity index (χ3v) is 4.44. The van der Waals surface area contributed by atoms with Crippen LogP contribution in [0.5, 0.6) is 11.5 Å². The van der Waals surface area contributed by atoms with Crippen molar-refractivity contribution in [3.05, 3.63) is 63.7 Å². The highest BCUT2D eigenvalue weighted by Crippen LogP contribution is 2.31. The zero-order valence-corrected chi connectivity index (χ0v) is 16.0. The molecule has 3 rings (SSSR count). The lowest BCUT2D eigenvalue weighted by molar-refractivity contribution is -0.385. The summed E-state index contributed by atoms with van der Waals surface area (Å²) in [6, 6.07) is 11.6. The van der Waals surface area contributed by atoms with Crippen LogP contribution in [0, 0.1) is 17.0 Å². The number of hydrogen-bond acceptors (Lipinski definition) is 7. The Bertz CT molecular complexity index is 944. The van der Waals surface area contributed by atoms with Crippen molar-refractivity contribution in [1.82, 2.24) is 4.90 Å². The fourth-order valence-corrected chi connectivity index (χ4v) is 2.94. The maximum absolute atomic E-state index is 12.3. The van der Waals surface area contributed by atoms with Gasteiger partial charge in [-0.3, -0.25) is 14.9 Å². The molecule has 1 heterocycles. The molecule has 1 aliphatic heterocycles. The van der Waals surface area contributed by atoms with Gasteiger partial charge in [-0.1, -0.05) is 24.3 Å².